The summed E-state index contributed by atoms with van der Waals surface area (Å²) in [6.45, 7) is 0.393. The molecule has 10 heteroatoms. The summed E-state index contributed by atoms with van der Waals surface area (Å²) in [6.07, 6.45) is -2.87. The van der Waals surface area contributed by atoms with Crippen molar-refractivity contribution in [2.24, 2.45) is 0 Å². The van der Waals surface area contributed by atoms with Crippen LogP contribution in [-0.2, 0) is 17.8 Å². The fraction of sp³-hybridized carbons (Fsp3) is 0.318. The number of halogens is 3. The molecule has 1 atom stereocenters. The van der Waals surface area contributed by atoms with Gasteiger partial charge in [-0.3, -0.25) is 9.59 Å². The number of alkyl halides is 3. The first-order valence-electron chi connectivity index (χ1n) is 10.0. The molecule has 168 valence electrons. The first-order valence-corrected chi connectivity index (χ1v) is 11.0. The fourth-order valence-corrected chi connectivity index (χ4v) is 4.28. The second-order valence-corrected chi connectivity index (χ2v) is 8.30. The smallest absolute Gasteiger partial charge is 0.408 e. The Morgan fingerprint density at radius 1 is 1.19 bits per heavy atom. The lowest BCUT2D eigenvalue weighted by molar-refractivity contribution is -0.169. The molecule has 3 aromatic rings. The Hall–Kier alpha value is -3.14. The number of carbonyl (C=O) groups excluding carboxylic acids is 2. The van der Waals surface area contributed by atoms with Crippen LogP contribution in [0.15, 0.2) is 51.8 Å². The Morgan fingerprint density at radius 2 is 1.97 bits per heavy atom. The van der Waals surface area contributed by atoms with Gasteiger partial charge in [0.25, 0.3) is 5.91 Å². The molecule has 32 heavy (non-hydrogen) atoms. The molecule has 1 aromatic carbocycles. The molecule has 3 heterocycles. The summed E-state index contributed by atoms with van der Waals surface area (Å²) in [5.74, 6) is -0.726. The number of hydrogen-bond acceptors (Lipinski definition) is 5. The number of oxazole rings is 1. The van der Waals surface area contributed by atoms with Crippen LogP contribution in [0, 0.1) is 0 Å². The van der Waals surface area contributed by atoms with Crippen LogP contribution in [-0.4, -0.2) is 40.5 Å². The van der Waals surface area contributed by atoms with E-state index < -0.39 is 18.1 Å². The second kappa shape index (κ2) is 9.15. The van der Waals surface area contributed by atoms with E-state index in [0.29, 0.717) is 24.9 Å². The van der Waals surface area contributed by atoms with Crippen LogP contribution in [0.3, 0.4) is 0 Å². The molecular formula is C22H20F3N3O3S. The zero-order valence-electron chi connectivity index (χ0n) is 16.9. The molecule has 0 saturated carbocycles. The van der Waals surface area contributed by atoms with Crippen LogP contribution in [0.25, 0.3) is 11.5 Å². The molecule has 1 N–H and O–H groups in total. The van der Waals surface area contributed by atoms with Gasteiger partial charge in [0, 0.05) is 18.7 Å². The topological polar surface area (TPSA) is 75.4 Å². The van der Waals surface area contributed by atoms with E-state index in [0.717, 1.165) is 22.3 Å². The van der Waals surface area contributed by atoms with Crippen LogP contribution < -0.4 is 5.32 Å². The molecule has 2 amide bonds. The van der Waals surface area contributed by atoms with Gasteiger partial charge >= 0.3 is 6.18 Å². The van der Waals surface area contributed by atoms with Crippen LogP contribution in [0.4, 0.5) is 13.2 Å². The molecule has 0 bridgehead atoms. The van der Waals surface area contributed by atoms with Crippen molar-refractivity contribution in [2.75, 3.05) is 6.54 Å². The number of likely N-dealkylation sites (tertiary alicyclic amines) is 1. The van der Waals surface area contributed by atoms with Crippen molar-refractivity contribution in [2.45, 2.75) is 38.0 Å². The van der Waals surface area contributed by atoms with Crippen LogP contribution in [0.1, 0.15) is 34.5 Å². The number of hydrogen-bond donors (Lipinski definition) is 1. The second-order valence-electron chi connectivity index (χ2n) is 7.52. The Labute approximate surface area is 186 Å². The molecule has 1 aliphatic heterocycles. The number of rotatable bonds is 6. The lowest BCUT2D eigenvalue weighted by Crippen LogP contribution is -2.44. The Kier molecular flexibility index (Phi) is 6.31. The van der Waals surface area contributed by atoms with Crippen LogP contribution in [0.5, 0.6) is 0 Å². The predicted octanol–water partition coefficient (Wildman–Crippen LogP) is 4.43. The molecule has 6 nitrogen and oxygen atoms in total. The summed E-state index contributed by atoms with van der Waals surface area (Å²) < 4.78 is 44.8. The summed E-state index contributed by atoms with van der Waals surface area (Å²) in [5.41, 5.74) is 2.25. The molecule has 1 unspecified atom stereocenters. The minimum absolute atomic E-state index is 0.0397. The van der Waals surface area contributed by atoms with Crippen molar-refractivity contribution in [1.29, 1.82) is 0 Å². The number of aromatic nitrogens is 1. The van der Waals surface area contributed by atoms with E-state index in [4.69, 9.17) is 4.42 Å². The van der Waals surface area contributed by atoms with Gasteiger partial charge in [0.05, 0.1) is 6.42 Å². The van der Waals surface area contributed by atoms with Crippen molar-refractivity contribution < 1.29 is 27.2 Å². The van der Waals surface area contributed by atoms with Gasteiger partial charge in [-0.05, 0) is 52.9 Å². The number of thiophene rings is 1. The van der Waals surface area contributed by atoms with Gasteiger partial charge in [0.2, 0.25) is 11.8 Å². The first kappa shape index (κ1) is 22.1. The third kappa shape index (κ3) is 5.01. The van der Waals surface area contributed by atoms with Crippen molar-refractivity contribution >= 4 is 23.2 Å². The highest BCUT2D eigenvalue weighted by Gasteiger charge is 2.48. The van der Waals surface area contributed by atoms with Gasteiger partial charge in [-0.15, -0.1) is 0 Å². The van der Waals surface area contributed by atoms with E-state index >= 15 is 0 Å². The molecule has 1 aliphatic rings. The number of amides is 2. The zero-order chi connectivity index (χ0) is 22.7. The third-order valence-corrected chi connectivity index (χ3v) is 5.98. The van der Waals surface area contributed by atoms with Crippen molar-refractivity contribution in [3.63, 3.8) is 0 Å². The molecule has 0 aliphatic carbocycles. The average Bonchev–Trinajstić information content (AvgIpc) is 3.53. The maximum atomic E-state index is 13.1. The Morgan fingerprint density at radius 3 is 2.66 bits per heavy atom. The number of nitrogens with one attached hydrogen (secondary N) is 1. The van der Waals surface area contributed by atoms with E-state index in [-0.39, 0.29) is 30.5 Å². The van der Waals surface area contributed by atoms with Gasteiger partial charge in [0.1, 0.15) is 12.3 Å². The van der Waals surface area contributed by atoms with E-state index in [1.165, 1.54) is 11.3 Å². The van der Waals surface area contributed by atoms with Gasteiger partial charge in [-0.2, -0.15) is 24.5 Å². The SMILES string of the molecule is O=C(Cc1ccsc1)NCc1ccc(-c2nc(C(=O)N3CCCC3C(F)(F)F)co2)cc1. The highest BCUT2D eigenvalue weighted by Crippen LogP contribution is 2.33. The zero-order valence-corrected chi connectivity index (χ0v) is 17.7. The summed E-state index contributed by atoms with van der Waals surface area (Å²) >= 11 is 1.54. The van der Waals surface area contributed by atoms with E-state index in [2.05, 4.69) is 10.3 Å². The Balaban J connectivity index is 1.37. The van der Waals surface area contributed by atoms with E-state index in [1.54, 1.807) is 24.3 Å². The summed E-state index contributed by atoms with van der Waals surface area (Å²) in [6, 6.07) is 7.12. The van der Waals surface area contributed by atoms with E-state index in [9.17, 15) is 22.8 Å². The monoisotopic (exact) mass is 463 g/mol. The highest BCUT2D eigenvalue weighted by atomic mass is 32.1. The molecular weight excluding hydrogens is 443 g/mol. The van der Waals surface area contributed by atoms with Crippen molar-refractivity contribution in [3.8, 4) is 11.5 Å². The minimum atomic E-state index is -4.46. The van der Waals surface area contributed by atoms with Crippen LogP contribution in [0.2, 0.25) is 0 Å². The lowest BCUT2D eigenvalue weighted by atomic mass is 10.1. The predicted molar refractivity (Wildman–Crippen MR) is 112 cm³/mol. The molecule has 4 rings (SSSR count). The average molecular weight is 463 g/mol. The molecule has 1 fully saturated rings. The molecule has 1 saturated heterocycles. The number of nitrogens with zero attached hydrogens (tertiary/aromatic N) is 2. The minimum Gasteiger partial charge on any atom is -0.444 e. The molecule has 0 radical (unpaired) electrons. The fourth-order valence-electron chi connectivity index (χ4n) is 3.61. The summed E-state index contributed by atoms with van der Waals surface area (Å²) in [5, 5.41) is 6.69. The quantitative estimate of drug-likeness (QED) is 0.587. The highest BCUT2D eigenvalue weighted by molar-refractivity contribution is 7.08. The number of benzene rings is 1. The summed E-state index contributed by atoms with van der Waals surface area (Å²) in [7, 11) is 0. The Bertz CT molecular complexity index is 1080. The molecule has 0 spiro atoms. The van der Waals surface area contributed by atoms with Gasteiger partial charge in [0.15, 0.2) is 5.69 Å². The standard InChI is InChI=1S/C22H20F3N3O3S/c23-22(24,25)18-2-1-8-28(18)21(30)17-12-31-20(27-17)16-5-3-14(4-6-16)11-26-19(29)10-15-7-9-32-13-15/h3-7,9,12-13,18H,1-2,8,10-11H2,(H,26,29). The maximum absolute atomic E-state index is 13.1. The molecule has 2 aromatic heterocycles. The van der Waals surface area contributed by atoms with Gasteiger partial charge in [-0.1, -0.05) is 12.1 Å². The largest absolute Gasteiger partial charge is 0.444 e. The maximum Gasteiger partial charge on any atom is 0.408 e. The number of carbonyl (C=O) groups is 2. The van der Waals surface area contributed by atoms with Crippen molar-refractivity contribution in [3.05, 3.63) is 64.2 Å². The summed E-state index contributed by atoms with van der Waals surface area (Å²) in [4.78, 5) is 29.4. The lowest BCUT2D eigenvalue weighted by Gasteiger charge is -2.25. The third-order valence-electron chi connectivity index (χ3n) is 5.25. The van der Waals surface area contributed by atoms with Gasteiger partial charge in [-0.25, -0.2) is 4.98 Å². The van der Waals surface area contributed by atoms with Crippen molar-refractivity contribution in [1.82, 2.24) is 15.2 Å². The van der Waals surface area contributed by atoms with E-state index in [1.807, 2.05) is 16.8 Å². The van der Waals surface area contributed by atoms with Crippen LogP contribution >= 0.6 is 11.3 Å². The first-order chi connectivity index (χ1) is 15.3. The van der Waals surface area contributed by atoms with Gasteiger partial charge < -0.3 is 14.6 Å². The normalized spacial score (nSPS) is 16.3.